The van der Waals surface area contributed by atoms with E-state index in [1.165, 1.54) is 19.3 Å². The van der Waals surface area contributed by atoms with Crippen LogP contribution in [0.25, 0.3) is 0 Å². The molecule has 1 heterocycles. The number of nitrogens with two attached hydrogens (primary N) is 1. The second-order valence-corrected chi connectivity index (χ2v) is 14.2. The van der Waals surface area contributed by atoms with Crippen LogP contribution in [0, 0.1) is 41.4 Å². The van der Waals surface area contributed by atoms with Crippen molar-refractivity contribution in [2.24, 2.45) is 47.2 Å². The normalized spacial score (nSPS) is 39.2. The first-order valence-corrected chi connectivity index (χ1v) is 16.4. The van der Waals surface area contributed by atoms with Crippen LogP contribution in [0.5, 0.6) is 5.75 Å². The summed E-state index contributed by atoms with van der Waals surface area (Å²) in [6, 6.07) is 3.52. The molecule has 5 fully saturated rings. The molecule has 6 unspecified atom stereocenters. The number of aromatic hydroxyl groups is 1. The molecular weight excluding hydrogens is 564 g/mol. The number of ketones is 4. The van der Waals surface area contributed by atoms with Gasteiger partial charge < -0.3 is 20.7 Å². The largest absolute Gasteiger partial charge is 0.507 e. The van der Waals surface area contributed by atoms with E-state index in [0.717, 1.165) is 63.2 Å². The monoisotopic (exact) mass is 606 g/mol. The zero-order chi connectivity index (χ0) is 30.9. The molecule has 4 N–H and O–H groups in total. The number of phenols is 1. The Morgan fingerprint density at radius 2 is 1.70 bits per heavy atom. The maximum Gasteiger partial charge on any atom is 0.235 e. The van der Waals surface area contributed by atoms with Crippen molar-refractivity contribution in [2.75, 3.05) is 32.8 Å². The summed E-state index contributed by atoms with van der Waals surface area (Å²) < 4.78 is 5.57. The number of hydrogen-bond donors (Lipinski definition) is 3. The van der Waals surface area contributed by atoms with E-state index in [1.807, 2.05) is 6.07 Å². The van der Waals surface area contributed by atoms with Crippen LogP contribution < -0.4 is 5.73 Å². The summed E-state index contributed by atoms with van der Waals surface area (Å²) in [4.78, 5) is 68.3. The lowest BCUT2D eigenvalue weighted by atomic mass is 9.53. The Labute approximate surface area is 256 Å². The fourth-order valence-electron chi connectivity index (χ4n) is 10.2. The molecule has 0 radical (unpaired) electrons. The second kappa shape index (κ2) is 11.1. The van der Waals surface area contributed by atoms with Crippen LogP contribution in [-0.2, 0) is 30.3 Å². The molecule has 4 saturated carbocycles. The van der Waals surface area contributed by atoms with E-state index in [4.69, 9.17) is 10.5 Å². The van der Waals surface area contributed by atoms with Crippen LogP contribution in [0.15, 0.2) is 12.1 Å². The summed E-state index contributed by atoms with van der Waals surface area (Å²) in [6.45, 7) is 4.61. The number of carbonyl (C=O) groups excluding carboxylic acids is 5. The van der Waals surface area contributed by atoms with Gasteiger partial charge in [-0.25, -0.2) is 0 Å². The molecular formula is C34H42N2O8. The Balaban J connectivity index is 1.21. The third-order valence-electron chi connectivity index (χ3n) is 12.2. The van der Waals surface area contributed by atoms with Gasteiger partial charge in [0.1, 0.15) is 5.75 Å². The molecule has 1 aromatic carbocycles. The smallest absolute Gasteiger partial charge is 0.235 e. The predicted octanol–water partition coefficient (Wildman–Crippen LogP) is 1.96. The summed E-state index contributed by atoms with van der Waals surface area (Å²) in [6.07, 6.45) is 6.96. The van der Waals surface area contributed by atoms with E-state index in [1.54, 1.807) is 6.07 Å². The summed E-state index contributed by atoms with van der Waals surface area (Å²) in [5.74, 6) is -7.71. The summed E-state index contributed by atoms with van der Waals surface area (Å²) in [7, 11) is 0. The Morgan fingerprint density at radius 3 is 2.43 bits per heavy atom. The van der Waals surface area contributed by atoms with E-state index in [-0.39, 0.29) is 30.1 Å². The molecule has 7 rings (SSSR count). The van der Waals surface area contributed by atoms with Gasteiger partial charge in [0, 0.05) is 32.0 Å². The van der Waals surface area contributed by atoms with Crippen molar-refractivity contribution >= 4 is 29.0 Å². The van der Waals surface area contributed by atoms with Gasteiger partial charge in [-0.15, -0.1) is 0 Å². The van der Waals surface area contributed by atoms with Crippen LogP contribution in [0.2, 0.25) is 0 Å². The number of rotatable bonds is 4. The highest BCUT2D eigenvalue weighted by molar-refractivity contribution is 6.31. The number of fused-ring (bicyclic) bond motifs is 4. The van der Waals surface area contributed by atoms with Crippen molar-refractivity contribution in [3.8, 4) is 5.75 Å². The lowest BCUT2D eigenvalue weighted by Crippen LogP contribution is -2.68. The van der Waals surface area contributed by atoms with Crippen LogP contribution >= 0.6 is 0 Å². The van der Waals surface area contributed by atoms with Gasteiger partial charge in [-0.05, 0) is 85.3 Å². The van der Waals surface area contributed by atoms with Gasteiger partial charge in [0.05, 0.1) is 24.7 Å². The molecule has 44 heavy (non-hydrogen) atoms. The number of phenolic OH excluding ortho intramolecular Hbond substituents is 1. The second-order valence-electron chi connectivity index (χ2n) is 14.2. The molecule has 1 aliphatic heterocycles. The number of aliphatic hydroxyl groups is 1. The van der Waals surface area contributed by atoms with E-state index in [0.29, 0.717) is 24.2 Å². The molecule has 5 aliphatic carbocycles. The van der Waals surface area contributed by atoms with Gasteiger partial charge in [0.2, 0.25) is 5.91 Å². The van der Waals surface area contributed by atoms with E-state index in [2.05, 4.69) is 4.90 Å². The highest BCUT2D eigenvalue weighted by Gasteiger charge is 2.66. The van der Waals surface area contributed by atoms with Crippen molar-refractivity contribution in [2.45, 2.75) is 69.3 Å². The maximum atomic E-state index is 14.1. The number of amides is 1. The molecule has 10 nitrogen and oxygen atoms in total. The first-order chi connectivity index (χ1) is 21.1. The molecule has 10 heteroatoms. The number of hydrogen-bond acceptors (Lipinski definition) is 9. The van der Waals surface area contributed by atoms with Crippen molar-refractivity contribution in [3.05, 3.63) is 28.8 Å². The minimum Gasteiger partial charge on any atom is -0.507 e. The third-order valence-corrected chi connectivity index (χ3v) is 12.2. The fourth-order valence-corrected chi connectivity index (χ4v) is 10.2. The summed E-state index contributed by atoms with van der Waals surface area (Å²) >= 11 is 0. The predicted molar refractivity (Wildman–Crippen MR) is 157 cm³/mol. The van der Waals surface area contributed by atoms with E-state index in [9.17, 15) is 34.2 Å². The molecule has 0 spiro atoms. The van der Waals surface area contributed by atoms with Gasteiger partial charge in [0.15, 0.2) is 34.7 Å². The zero-order valence-corrected chi connectivity index (χ0v) is 25.0. The molecule has 6 aliphatic rings. The quantitative estimate of drug-likeness (QED) is 0.435. The number of morpholine rings is 1. The Kier molecular flexibility index (Phi) is 7.53. The van der Waals surface area contributed by atoms with Gasteiger partial charge in [-0.3, -0.25) is 28.9 Å². The Bertz CT molecular complexity index is 1420. The first kappa shape index (κ1) is 29.7. The van der Waals surface area contributed by atoms with Crippen LogP contribution in [0.1, 0.15) is 78.8 Å². The lowest BCUT2D eigenvalue weighted by molar-refractivity contribution is -0.175. The number of carbonyl (C=O) groups is 5. The molecule has 236 valence electrons. The van der Waals surface area contributed by atoms with Gasteiger partial charge in [-0.2, -0.15) is 0 Å². The van der Waals surface area contributed by atoms with Crippen LogP contribution in [-0.4, -0.2) is 82.6 Å². The van der Waals surface area contributed by atoms with Crippen molar-refractivity contribution < 1.29 is 38.9 Å². The molecule has 9 atom stereocenters. The summed E-state index contributed by atoms with van der Waals surface area (Å²) in [5, 5.41) is 22.5. The average molecular weight is 607 g/mol. The summed E-state index contributed by atoms with van der Waals surface area (Å²) in [5.41, 5.74) is 4.64. The number of ether oxygens (including phenoxy) is 1. The van der Waals surface area contributed by atoms with Gasteiger partial charge in [0.25, 0.3) is 0 Å². The zero-order valence-electron chi connectivity index (χ0n) is 25.0. The number of benzene rings is 1. The third kappa shape index (κ3) is 4.50. The minimum absolute atomic E-state index is 0.118. The van der Waals surface area contributed by atoms with Gasteiger partial charge in [-0.1, -0.05) is 18.9 Å². The Morgan fingerprint density at radius 1 is 0.977 bits per heavy atom. The number of Topliss-reactive ketones (excluding diaryl/α,β-unsaturated/α-hetero) is 4. The minimum atomic E-state index is -2.62. The SMILES string of the molecule is NC(=O)C1C(=O)C[C@@H]2C[C@@H]3Cc4c(C5CCC(CN6CCOCC6)C6CCCCC56)ccc(O)c4C(=O)C3C(=O)[C@]2(O)C1=O. The maximum absolute atomic E-state index is 14.1. The van der Waals surface area contributed by atoms with E-state index >= 15 is 0 Å². The highest BCUT2D eigenvalue weighted by atomic mass is 16.5. The number of primary amides is 1. The standard InChI is InChI=1S/C34H42N2O8/c35-33(42)29-26(38)15-19-13-18-14-24-23(7-8-25(37)28(24)30(39)27(18)31(40)34(19,43)32(29)41)22-6-5-17(16-36-9-11-44-12-10-36)20-3-1-2-4-21(20)22/h7-8,17-22,27,29,37,43H,1-6,9-16H2,(H2,35,42)/t17?,18-,19+,20?,21?,22?,27?,29?,34+/m1/s1. The van der Waals surface area contributed by atoms with Crippen molar-refractivity contribution in [3.63, 3.8) is 0 Å². The highest BCUT2D eigenvalue weighted by Crippen LogP contribution is 2.55. The lowest BCUT2D eigenvalue weighted by Gasteiger charge is -2.50. The van der Waals surface area contributed by atoms with Gasteiger partial charge >= 0.3 is 0 Å². The average Bonchev–Trinajstić information content (AvgIpc) is 3.00. The van der Waals surface area contributed by atoms with Crippen molar-refractivity contribution in [1.82, 2.24) is 4.90 Å². The topological polar surface area (TPSA) is 164 Å². The van der Waals surface area contributed by atoms with E-state index < -0.39 is 58.3 Å². The van der Waals surface area contributed by atoms with Crippen LogP contribution in [0.4, 0.5) is 0 Å². The molecule has 0 bridgehead atoms. The Hall–Kier alpha value is -2.95. The van der Waals surface area contributed by atoms with Crippen LogP contribution in [0.3, 0.4) is 0 Å². The van der Waals surface area contributed by atoms with Crippen molar-refractivity contribution in [1.29, 1.82) is 0 Å². The number of nitrogens with zero attached hydrogens (tertiary/aromatic N) is 1. The molecule has 0 aromatic heterocycles. The molecule has 1 amide bonds. The molecule has 1 saturated heterocycles. The fraction of sp³-hybridized carbons (Fsp3) is 0.676. The first-order valence-electron chi connectivity index (χ1n) is 16.4. The molecule has 1 aromatic rings.